The number of amides is 1. The fourth-order valence-corrected chi connectivity index (χ4v) is 3.69. The Morgan fingerprint density at radius 1 is 1.26 bits per heavy atom. The summed E-state index contributed by atoms with van der Waals surface area (Å²) in [4.78, 5) is 25.8. The number of para-hydroxylation sites is 1. The zero-order chi connectivity index (χ0) is 22.4. The number of nitro benzene ring substituents is 1. The van der Waals surface area contributed by atoms with Gasteiger partial charge in [-0.3, -0.25) is 20.2 Å². The first kappa shape index (κ1) is 22.6. The first-order valence-corrected chi connectivity index (χ1v) is 10.6. The van der Waals surface area contributed by atoms with E-state index in [2.05, 4.69) is 24.5 Å². The lowest BCUT2D eigenvalue weighted by Crippen LogP contribution is -2.39. The van der Waals surface area contributed by atoms with E-state index in [0.29, 0.717) is 37.9 Å². The third-order valence-corrected chi connectivity index (χ3v) is 5.57. The van der Waals surface area contributed by atoms with E-state index in [0.717, 1.165) is 17.7 Å². The molecule has 2 N–H and O–H groups in total. The summed E-state index contributed by atoms with van der Waals surface area (Å²) < 4.78 is 5.37. The number of anilines is 2. The molecule has 0 unspecified atom stereocenters. The highest BCUT2D eigenvalue weighted by Gasteiger charge is 2.23. The lowest BCUT2D eigenvalue weighted by Gasteiger charge is -2.30. The number of hydrogen-bond donors (Lipinski definition) is 2. The van der Waals surface area contributed by atoms with Gasteiger partial charge in [-0.15, -0.1) is 0 Å². The molecule has 1 fully saturated rings. The zero-order valence-electron chi connectivity index (χ0n) is 17.6. The molecule has 2 aromatic carbocycles. The monoisotopic (exact) mass is 442 g/mol. The number of carbonyl (C=O) groups excluding carboxylic acids is 1. The fraction of sp³-hybridized carbons (Fsp3) is 0.364. The molecule has 1 aliphatic heterocycles. The van der Waals surface area contributed by atoms with Crippen molar-refractivity contribution in [3.8, 4) is 0 Å². The molecule has 2 aromatic rings. The lowest BCUT2D eigenvalue weighted by molar-refractivity contribution is -0.384. The van der Waals surface area contributed by atoms with Crippen LogP contribution in [0, 0.1) is 10.1 Å². The Labute approximate surface area is 186 Å². The molecular formula is C22H26N4O4S. The summed E-state index contributed by atoms with van der Waals surface area (Å²) in [6.07, 6.45) is 0.967. The van der Waals surface area contributed by atoms with Crippen LogP contribution in [0.25, 0.3) is 0 Å². The molecule has 164 valence electrons. The SMILES string of the molecule is CC[C@@H](C)c1ccccc1NC(=S)NC(=O)c1cc([N+](=O)[O-])ccc1N1CCOCC1. The molecule has 1 saturated heterocycles. The van der Waals surface area contributed by atoms with Crippen LogP contribution >= 0.6 is 12.2 Å². The number of hydrogen-bond acceptors (Lipinski definition) is 6. The Morgan fingerprint density at radius 3 is 2.65 bits per heavy atom. The van der Waals surface area contributed by atoms with Gasteiger partial charge < -0.3 is 15.0 Å². The van der Waals surface area contributed by atoms with E-state index < -0.39 is 10.8 Å². The summed E-state index contributed by atoms with van der Waals surface area (Å²) in [5, 5.41) is 17.2. The number of nitrogens with one attached hydrogen (secondary N) is 2. The Morgan fingerprint density at radius 2 is 1.97 bits per heavy atom. The van der Waals surface area contributed by atoms with Crippen molar-refractivity contribution in [2.45, 2.75) is 26.2 Å². The quantitative estimate of drug-likeness (QED) is 0.395. The van der Waals surface area contributed by atoms with Crippen LogP contribution in [0.15, 0.2) is 42.5 Å². The second-order valence-electron chi connectivity index (χ2n) is 7.36. The smallest absolute Gasteiger partial charge is 0.270 e. The van der Waals surface area contributed by atoms with Gasteiger partial charge in [0.2, 0.25) is 0 Å². The average Bonchev–Trinajstić information content (AvgIpc) is 2.79. The van der Waals surface area contributed by atoms with Crippen molar-refractivity contribution < 1.29 is 14.5 Å². The molecule has 0 aliphatic carbocycles. The van der Waals surface area contributed by atoms with Gasteiger partial charge >= 0.3 is 0 Å². The maximum absolute atomic E-state index is 13.0. The van der Waals surface area contributed by atoms with Crippen LogP contribution in [-0.4, -0.2) is 42.2 Å². The number of non-ortho nitro benzene ring substituents is 1. The van der Waals surface area contributed by atoms with E-state index in [1.54, 1.807) is 6.07 Å². The molecule has 8 nitrogen and oxygen atoms in total. The maximum atomic E-state index is 13.0. The molecule has 0 bridgehead atoms. The van der Waals surface area contributed by atoms with Crippen molar-refractivity contribution in [1.82, 2.24) is 5.32 Å². The van der Waals surface area contributed by atoms with Crippen molar-refractivity contribution >= 4 is 40.3 Å². The molecule has 1 atom stereocenters. The predicted molar refractivity (Wildman–Crippen MR) is 125 cm³/mol. The van der Waals surface area contributed by atoms with Crippen molar-refractivity contribution in [1.29, 1.82) is 0 Å². The van der Waals surface area contributed by atoms with Gasteiger partial charge in [-0.05, 0) is 42.3 Å². The van der Waals surface area contributed by atoms with Crippen LogP contribution in [0.4, 0.5) is 17.1 Å². The normalized spacial score (nSPS) is 14.6. The fourth-order valence-electron chi connectivity index (χ4n) is 3.48. The van der Waals surface area contributed by atoms with Crippen molar-refractivity contribution in [2.75, 3.05) is 36.5 Å². The van der Waals surface area contributed by atoms with E-state index in [1.165, 1.54) is 12.1 Å². The third-order valence-electron chi connectivity index (χ3n) is 5.37. The summed E-state index contributed by atoms with van der Waals surface area (Å²) >= 11 is 5.37. The summed E-state index contributed by atoms with van der Waals surface area (Å²) in [5.41, 5.74) is 2.60. The van der Waals surface area contributed by atoms with Crippen LogP contribution in [-0.2, 0) is 4.74 Å². The summed E-state index contributed by atoms with van der Waals surface area (Å²) in [6, 6.07) is 12.1. The van der Waals surface area contributed by atoms with E-state index >= 15 is 0 Å². The molecule has 1 heterocycles. The molecule has 0 aromatic heterocycles. The number of thiocarbonyl (C=S) groups is 1. The molecule has 0 saturated carbocycles. The van der Waals surface area contributed by atoms with Gasteiger partial charge in [0.25, 0.3) is 11.6 Å². The summed E-state index contributed by atoms with van der Waals surface area (Å²) in [6.45, 7) is 6.50. The molecular weight excluding hydrogens is 416 g/mol. The highest BCUT2D eigenvalue weighted by atomic mass is 32.1. The van der Waals surface area contributed by atoms with E-state index in [4.69, 9.17) is 17.0 Å². The highest BCUT2D eigenvalue weighted by molar-refractivity contribution is 7.80. The Balaban J connectivity index is 1.81. The lowest BCUT2D eigenvalue weighted by atomic mass is 9.97. The predicted octanol–water partition coefficient (Wildman–Crippen LogP) is 4.07. The van der Waals surface area contributed by atoms with Crippen LogP contribution in [0.1, 0.15) is 42.1 Å². The first-order chi connectivity index (χ1) is 14.9. The van der Waals surface area contributed by atoms with Gasteiger partial charge in [0.05, 0.1) is 29.4 Å². The van der Waals surface area contributed by atoms with Crippen LogP contribution in [0.2, 0.25) is 0 Å². The molecule has 31 heavy (non-hydrogen) atoms. The molecule has 9 heteroatoms. The average molecular weight is 443 g/mol. The standard InChI is InChI=1S/C22H26N4O4S/c1-3-15(2)17-6-4-5-7-19(17)23-22(31)24-21(27)18-14-16(26(28)29)8-9-20(18)25-10-12-30-13-11-25/h4-9,14-15H,3,10-13H2,1-2H3,(H2,23,24,27,31)/t15-/m1/s1. The first-order valence-electron chi connectivity index (χ1n) is 10.2. The minimum Gasteiger partial charge on any atom is -0.378 e. The maximum Gasteiger partial charge on any atom is 0.270 e. The van der Waals surface area contributed by atoms with Gasteiger partial charge in [0.15, 0.2) is 5.11 Å². The van der Waals surface area contributed by atoms with E-state index in [1.807, 2.05) is 29.2 Å². The highest BCUT2D eigenvalue weighted by Crippen LogP contribution is 2.28. The second-order valence-corrected chi connectivity index (χ2v) is 7.77. The molecule has 0 spiro atoms. The van der Waals surface area contributed by atoms with Crippen molar-refractivity contribution in [3.63, 3.8) is 0 Å². The minimum absolute atomic E-state index is 0.139. The third kappa shape index (κ3) is 5.56. The number of rotatable bonds is 6. The summed E-state index contributed by atoms with van der Waals surface area (Å²) in [5.74, 6) is -0.171. The Kier molecular flexibility index (Phi) is 7.54. The number of ether oxygens (including phenoxy) is 1. The van der Waals surface area contributed by atoms with E-state index in [-0.39, 0.29) is 16.4 Å². The van der Waals surface area contributed by atoms with Gasteiger partial charge in [-0.1, -0.05) is 32.0 Å². The van der Waals surface area contributed by atoms with Gasteiger partial charge in [0, 0.05) is 30.9 Å². The number of morpholine rings is 1. The number of nitrogens with zero attached hydrogens (tertiary/aromatic N) is 2. The summed E-state index contributed by atoms with van der Waals surface area (Å²) in [7, 11) is 0. The second kappa shape index (κ2) is 10.3. The number of benzene rings is 2. The van der Waals surface area contributed by atoms with Crippen LogP contribution in [0.3, 0.4) is 0 Å². The minimum atomic E-state index is -0.515. The number of nitro groups is 1. The molecule has 0 radical (unpaired) electrons. The van der Waals surface area contributed by atoms with Crippen molar-refractivity contribution in [3.05, 3.63) is 63.7 Å². The van der Waals surface area contributed by atoms with Gasteiger partial charge in [-0.2, -0.15) is 0 Å². The zero-order valence-corrected chi connectivity index (χ0v) is 18.4. The number of carbonyl (C=O) groups is 1. The Bertz CT molecular complexity index is 976. The van der Waals surface area contributed by atoms with Crippen LogP contribution < -0.4 is 15.5 Å². The van der Waals surface area contributed by atoms with E-state index in [9.17, 15) is 14.9 Å². The van der Waals surface area contributed by atoms with Gasteiger partial charge in [0.1, 0.15) is 0 Å². The topological polar surface area (TPSA) is 96.7 Å². The van der Waals surface area contributed by atoms with Crippen LogP contribution in [0.5, 0.6) is 0 Å². The molecule has 1 aliphatic rings. The van der Waals surface area contributed by atoms with Crippen molar-refractivity contribution in [2.24, 2.45) is 0 Å². The largest absolute Gasteiger partial charge is 0.378 e. The molecule has 1 amide bonds. The molecule has 3 rings (SSSR count). The Hall–Kier alpha value is -3.04. The van der Waals surface area contributed by atoms with Gasteiger partial charge in [-0.25, -0.2) is 0 Å².